The predicted octanol–water partition coefficient (Wildman–Crippen LogP) is 2.39. The molecule has 0 spiro atoms. The van der Waals surface area contributed by atoms with Crippen molar-refractivity contribution in [1.29, 1.82) is 0 Å². The first-order valence-corrected chi connectivity index (χ1v) is 5.87. The van der Waals surface area contributed by atoms with Crippen LogP contribution < -0.4 is 0 Å². The number of carboxylic acids is 1. The Morgan fingerprint density at radius 1 is 1.71 bits per heavy atom. The largest absolute Gasteiger partial charge is 0.479 e. The highest BCUT2D eigenvalue weighted by Gasteiger charge is 2.13. The van der Waals surface area contributed by atoms with E-state index < -0.39 is 12.1 Å². The monoisotopic (exact) mass is 253 g/mol. The highest BCUT2D eigenvalue weighted by Crippen LogP contribution is 2.24. The Balaban J connectivity index is 1.97. The molecule has 2 aromatic rings. The van der Waals surface area contributed by atoms with Gasteiger partial charge in [-0.25, -0.2) is 9.78 Å². The predicted molar refractivity (Wildman–Crippen MR) is 61.7 cm³/mol. The Bertz CT molecular complexity index is 491. The summed E-state index contributed by atoms with van der Waals surface area (Å²) in [5.74, 6) is -0.279. The summed E-state index contributed by atoms with van der Waals surface area (Å²) in [6, 6.07) is 3.61. The zero-order chi connectivity index (χ0) is 12.3. The summed E-state index contributed by atoms with van der Waals surface area (Å²) in [5.41, 5.74) is 0.703. The van der Waals surface area contributed by atoms with E-state index in [4.69, 9.17) is 14.3 Å². The third-order valence-corrected chi connectivity index (χ3v) is 3.02. The summed E-state index contributed by atoms with van der Waals surface area (Å²) >= 11 is 1.44. The normalized spacial score (nSPS) is 12.5. The topological polar surface area (TPSA) is 72.6 Å². The SMILES string of the molecule is CC(OCc1csc(-c2ccco2)n1)C(=O)O. The van der Waals surface area contributed by atoms with Crippen molar-refractivity contribution in [1.82, 2.24) is 4.98 Å². The molecule has 0 aliphatic heterocycles. The number of aromatic nitrogens is 1. The first-order valence-electron chi connectivity index (χ1n) is 4.99. The Labute approximate surface area is 102 Å². The first kappa shape index (κ1) is 11.8. The number of furan rings is 1. The first-order chi connectivity index (χ1) is 8.16. The number of nitrogens with zero attached hydrogens (tertiary/aromatic N) is 1. The second-order valence-electron chi connectivity index (χ2n) is 3.41. The van der Waals surface area contributed by atoms with E-state index in [0.717, 1.165) is 5.01 Å². The number of carbonyl (C=O) groups is 1. The van der Waals surface area contributed by atoms with Gasteiger partial charge in [0.2, 0.25) is 0 Å². The second-order valence-corrected chi connectivity index (χ2v) is 4.27. The standard InChI is InChI=1S/C11H11NO4S/c1-7(11(13)14)16-5-8-6-17-10(12-8)9-3-2-4-15-9/h2-4,6-7H,5H2,1H3,(H,13,14). The molecule has 5 nitrogen and oxygen atoms in total. The van der Waals surface area contributed by atoms with Crippen molar-refractivity contribution in [2.45, 2.75) is 19.6 Å². The van der Waals surface area contributed by atoms with Gasteiger partial charge in [-0.2, -0.15) is 0 Å². The molecule has 6 heteroatoms. The summed E-state index contributed by atoms with van der Waals surface area (Å²) in [7, 11) is 0. The fraction of sp³-hybridized carbons (Fsp3) is 0.273. The van der Waals surface area contributed by atoms with Gasteiger partial charge >= 0.3 is 5.97 Å². The van der Waals surface area contributed by atoms with E-state index in [0.29, 0.717) is 11.5 Å². The third-order valence-electron chi connectivity index (χ3n) is 2.11. The third kappa shape index (κ3) is 2.92. The molecule has 90 valence electrons. The smallest absolute Gasteiger partial charge is 0.332 e. The summed E-state index contributed by atoms with van der Waals surface area (Å²) < 4.78 is 10.3. The van der Waals surface area contributed by atoms with Crippen LogP contribution in [0.4, 0.5) is 0 Å². The Morgan fingerprint density at radius 2 is 2.53 bits per heavy atom. The Hall–Kier alpha value is -1.66. The maximum Gasteiger partial charge on any atom is 0.332 e. The van der Waals surface area contributed by atoms with Crippen molar-refractivity contribution in [3.05, 3.63) is 29.5 Å². The lowest BCUT2D eigenvalue weighted by molar-refractivity contribution is -0.149. The van der Waals surface area contributed by atoms with Crippen LogP contribution in [0.25, 0.3) is 10.8 Å². The molecule has 17 heavy (non-hydrogen) atoms. The molecule has 2 aromatic heterocycles. The van der Waals surface area contributed by atoms with Gasteiger partial charge in [0.25, 0.3) is 0 Å². The van der Waals surface area contributed by atoms with Gasteiger partial charge < -0.3 is 14.3 Å². The van der Waals surface area contributed by atoms with Crippen LogP contribution in [0.3, 0.4) is 0 Å². The van der Waals surface area contributed by atoms with Crippen LogP contribution in [0, 0.1) is 0 Å². The number of ether oxygens (including phenoxy) is 1. The zero-order valence-electron chi connectivity index (χ0n) is 9.12. The molecule has 0 amide bonds. The van der Waals surface area contributed by atoms with Crippen LogP contribution in [-0.4, -0.2) is 22.2 Å². The van der Waals surface area contributed by atoms with Crippen LogP contribution in [0.2, 0.25) is 0 Å². The molecule has 0 fully saturated rings. The quantitative estimate of drug-likeness (QED) is 0.885. The van der Waals surface area contributed by atoms with Gasteiger partial charge in [0, 0.05) is 5.38 Å². The molecule has 0 bridgehead atoms. The molecular weight excluding hydrogens is 242 g/mol. The summed E-state index contributed by atoms with van der Waals surface area (Å²) in [6.07, 6.45) is 0.753. The van der Waals surface area contributed by atoms with Crippen molar-refractivity contribution in [2.24, 2.45) is 0 Å². The van der Waals surface area contributed by atoms with E-state index in [-0.39, 0.29) is 6.61 Å². The number of hydrogen-bond donors (Lipinski definition) is 1. The van der Waals surface area contributed by atoms with E-state index in [1.165, 1.54) is 18.3 Å². The number of carboxylic acid groups (broad SMARTS) is 1. The lowest BCUT2D eigenvalue weighted by Gasteiger charge is -2.05. The molecule has 0 aromatic carbocycles. The lowest BCUT2D eigenvalue weighted by Crippen LogP contribution is -2.19. The summed E-state index contributed by atoms with van der Waals surface area (Å²) in [6.45, 7) is 1.67. The minimum atomic E-state index is -0.980. The van der Waals surface area contributed by atoms with Crippen LogP contribution in [0.5, 0.6) is 0 Å². The maximum absolute atomic E-state index is 10.6. The minimum Gasteiger partial charge on any atom is -0.479 e. The van der Waals surface area contributed by atoms with E-state index in [9.17, 15) is 4.79 Å². The highest BCUT2D eigenvalue weighted by atomic mass is 32.1. The van der Waals surface area contributed by atoms with Crippen molar-refractivity contribution in [2.75, 3.05) is 0 Å². The molecule has 0 saturated carbocycles. The number of aliphatic carboxylic acids is 1. The fourth-order valence-electron chi connectivity index (χ4n) is 1.17. The van der Waals surface area contributed by atoms with Gasteiger partial charge in [-0.1, -0.05) is 0 Å². The average molecular weight is 253 g/mol. The van der Waals surface area contributed by atoms with E-state index in [2.05, 4.69) is 4.98 Å². The molecule has 1 atom stereocenters. The number of rotatable bonds is 5. The molecule has 0 saturated heterocycles. The van der Waals surface area contributed by atoms with Gasteiger partial charge in [0.15, 0.2) is 16.9 Å². The second kappa shape index (κ2) is 5.11. The summed E-state index contributed by atoms with van der Waals surface area (Å²) in [4.78, 5) is 14.8. The van der Waals surface area contributed by atoms with Crippen LogP contribution in [-0.2, 0) is 16.1 Å². The van der Waals surface area contributed by atoms with Crippen LogP contribution >= 0.6 is 11.3 Å². The molecule has 2 heterocycles. The van der Waals surface area contributed by atoms with Gasteiger partial charge in [-0.05, 0) is 19.1 Å². The molecule has 0 aliphatic carbocycles. The number of hydrogen-bond acceptors (Lipinski definition) is 5. The molecule has 1 unspecified atom stereocenters. The summed E-state index contributed by atoms with van der Waals surface area (Å²) in [5, 5.41) is 11.2. The van der Waals surface area contributed by atoms with Crippen molar-refractivity contribution in [3.63, 3.8) is 0 Å². The molecular formula is C11H11NO4S. The van der Waals surface area contributed by atoms with Gasteiger partial charge in [-0.3, -0.25) is 0 Å². The molecule has 1 N–H and O–H groups in total. The van der Waals surface area contributed by atoms with E-state index in [1.54, 1.807) is 12.3 Å². The zero-order valence-corrected chi connectivity index (χ0v) is 9.94. The van der Waals surface area contributed by atoms with Crippen LogP contribution in [0.1, 0.15) is 12.6 Å². The molecule has 2 rings (SSSR count). The van der Waals surface area contributed by atoms with E-state index >= 15 is 0 Å². The van der Waals surface area contributed by atoms with Gasteiger partial charge in [-0.15, -0.1) is 11.3 Å². The Kier molecular flexibility index (Phi) is 3.55. The van der Waals surface area contributed by atoms with Crippen LogP contribution in [0.15, 0.2) is 28.2 Å². The van der Waals surface area contributed by atoms with Gasteiger partial charge in [0.05, 0.1) is 18.6 Å². The van der Waals surface area contributed by atoms with Crippen molar-refractivity contribution < 1.29 is 19.1 Å². The Morgan fingerprint density at radius 3 is 3.18 bits per heavy atom. The molecule has 0 radical (unpaired) electrons. The van der Waals surface area contributed by atoms with Crippen molar-refractivity contribution >= 4 is 17.3 Å². The lowest BCUT2D eigenvalue weighted by atomic mass is 10.4. The van der Waals surface area contributed by atoms with E-state index in [1.807, 2.05) is 11.4 Å². The highest BCUT2D eigenvalue weighted by molar-refractivity contribution is 7.13. The minimum absolute atomic E-state index is 0.185. The molecule has 0 aliphatic rings. The fourth-order valence-corrected chi connectivity index (χ4v) is 1.94. The van der Waals surface area contributed by atoms with Gasteiger partial charge in [0.1, 0.15) is 0 Å². The van der Waals surface area contributed by atoms with Crippen molar-refractivity contribution in [3.8, 4) is 10.8 Å². The maximum atomic E-state index is 10.6. The number of thiazole rings is 1. The average Bonchev–Trinajstić information content (AvgIpc) is 2.95.